The minimum Gasteiger partial charge on any atom is -0.445 e. The lowest BCUT2D eigenvalue weighted by atomic mass is 10.00. The molecule has 2 unspecified atom stereocenters. The summed E-state index contributed by atoms with van der Waals surface area (Å²) in [5, 5.41) is 5.56. The molecule has 2 N–H and O–H groups in total. The van der Waals surface area contributed by atoms with Crippen molar-refractivity contribution < 1.29 is 19.1 Å². The molecule has 0 aliphatic rings. The lowest BCUT2D eigenvalue weighted by Crippen LogP contribution is -2.52. The second kappa shape index (κ2) is 14.4. The molecule has 33 heavy (non-hydrogen) atoms. The molecule has 2 aromatic carbocycles. The average molecular weight is 471 g/mol. The van der Waals surface area contributed by atoms with Gasteiger partial charge < -0.3 is 15.4 Å². The minimum atomic E-state index is -0.783. The molecule has 0 bridgehead atoms. The van der Waals surface area contributed by atoms with Gasteiger partial charge in [0.25, 0.3) is 0 Å². The summed E-state index contributed by atoms with van der Waals surface area (Å²) >= 11 is 1.43. The summed E-state index contributed by atoms with van der Waals surface area (Å²) in [6, 6.07) is 17.8. The van der Waals surface area contributed by atoms with E-state index >= 15 is 0 Å². The van der Waals surface area contributed by atoms with Crippen molar-refractivity contribution in [2.24, 2.45) is 5.92 Å². The number of carbonyl (C=O) groups is 3. The Morgan fingerprint density at radius 3 is 2.06 bits per heavy atom. The van der Waals surface area contributed by atoms with Gasteiger partial charge in [-0.1, -0.05) is 74.5 Å². The predicted molar refractivity (Wildman–Crippen MR) is 133 cm³/mol. The first-order valence-electron chi connectivity index (χ1n) is 11.2. The minimum absolute atomic E-state index is 0.0262. The zero-order valence-electron chi connectivity index (χ0n) is 19.6. The average Bonchev–Trinajstić information content (AvgIpc) is 2.81. The monoisotopic (exact) mass is 470 g/mol. The highest BCUT2D eigenvalue weighted by atomic mass is 32.2. The highest BCUT2D eigenvalue weighted by Gasteiger charge is 2.27. The third-order valence-electron chi connectivity index (χ3n) is 5.08. The molecular weight excluding hydrogens is 436 g/mol. The maximum atomic E-state index is 13.1. The molecule has 2 rings (SSSR count). The number of carbonyl (C=O) groups excluding carboxylic acids is 3. The van der Waals surface area contributed by atoms with Crippen LogP contribution in [0.4, 0.5) is 4.79 Å². The first-order valence-corrected chi connectivity index (χ1v) is 12.6. The molecule has 0 spiro atoms. The number of aryl methyl sites for hydroxylation is 1. The predicted octanol–water partition coefficient (Wildman–Crippen LogP) is 4.38. The molecule has 0 heterocycles. The van der Waals surface area contributed by atoms with Crippen molar-refractivity contribution in [2.75, 3.05) is 12.0 Å². The Kier molecular flexibility index (Phi) is 11.5. The van der Waals surface area contributed by atoms with Crippen LogP contribution < -0.4 is 10.6 Å². The van der Waals surface area contributed by atoms with Crippen molar-refractivity contribution in [3.63, 3.8) is 0 Å². The van der Waals surface area contributed by atoms with Crippen LogP contribution in [0.15, 0.2) is 60.7 Å². The molecule has 2 aromatic rings. The standard InChI is InChI=1S/C26H34N2O4S/c1-19(2)16-23(28-26(31)32-17-21-12-8-5-9-13-21)25(30)27-22(24(29)18-33-3)15-14-20-10-6-4-7-11-20/h4-13,19,22-23H,14-18H2,1-3H3,(H,27,30)(H,28,31). The Hall–Kier alpha value is -2.80. The summed E-state index contributed by atoms with van der Waals surface area (Å²) in [6.45, 7) is 4.07. The van der Waals surface area contributed by atoms with Crippen LogP contribution in [-0.2, 0) is 27.4 Å². The van der Waals surface area contributed by atoms with Crippen LogP contribution in [-0.4, -0.2) is 41.9 Å². The van der Waals surface area contributed by atoms with E-state index in [-0.39, 0.29) is 24.2 Å². The lowest BCUT2D eigenvalue weighted by molar-refractivity contribution is -0.128. The molecule has 0 fully saturated rings. The molecule has 0 radical (unpaired) electrons. The molecular formula is C26H34N2O4S. The van der Waals surface area contributed by atoms with Gasteiger partial charge in [0, 0.05) is 0 Å². The van der Waals surface area contributed by atoms with E-state index in [1.54, 1.807) is 0 Å². The van der Waals surface area contributed by atoms with Crippen LogP contribution in [0.2, 0.25) is 0 Å². The van der Waals surface area contributed by atoms with Crippen molar-refractivity contribution >= 4 is 29.5 Å². The van der Waals surface area contributed by atoms with Crippen LogP contribution >= 0.6 is 11.8 Å². The first kappa shape index (κ1) is 26.5. The number of hydrogen-bond donors (Lipinski definition) is 2. The van der Waals surface area contributed by atoms with Crippen molar-refractivity contribution in [2.45, 2.75) is 51.8 Å². The summed E-state index contributed by atoms with van der Waals surface area (Å²) in [4.78, 5) is 38.1. The van der Waals surface area contributed by atoms with Gasteiger partial charge in [0.15, 0.2) is 5.78 Å². The maximum absolute atomic E-state index is 13.1. The van der Waals surface area contributed by atoms with Crippen LogP contribution in [0.1, 0.15) is 37.8 Å². The van der Waals surface area contributed by atoms with Gasteiger partial charge in [-0.3, -0.25) is 9.59 Å². The van der Waals surface area contributed by atoms with Crippen molar-refractivity contribution in [1.82, 2.24) is 10.6 Å². The highest BCUT2D eigenvalue weighted by Crippen LogP contribution is 2.11. The smallest absolute Gasteiger partial charge is 0.408 e. The number of rotatable bonds is 13. The topological polar surface area (TPSA) is 84.5 Å². The van der Waals surface area contributed by atoms with E-state index in [2.05, 4.69) is 10.6 Å². The van der Waals surface area contributed by atoms with Gasteiger partial charge in [-0.25, -0.2) is 4.79 Å². The summed E-state index contributed by atoms with van der Waals surface area (Å²) in [5.41, 5.74) is 1.97. The third kappa shape index (κ3) is 10.1. The second-order valence-corrected chi connectivity index (χ2v) is 9.24. The van der Waals surface area contributed by atoms with Crippen molar-refractivity contribution in [3.8, 4) is 0 Å². The fourth-order valence-corrected chi connectivity index (χ4v) is 3.88. The van der Waals surface area contributed by atoms with E-state index in [0.717, 1.165) is 11.1 Å². The molecule has 6 nitrogen and oxygen atoms in total. The second-order valence-electron chi connectivity index (χ2n) is 8.37. The lowest BCUT2D eigenvalue weighted by Gasteiger charge is -2.24. The molecule has 0 aromatic heterocycles. The van der Waals surface area contributed by atoms with Crippen molar-refractivity contribution in [3.05, 3.63) is 71.8 Å². The number of ketones is 1. The molecule has 7 heteroatoms. The molecule has 0 aliphatic heterocycles. The van der Waals surface area contributed by atoms with Gasteiger partial charge >= 0.3 is 6.09 Å². The molecule has 0 saturated carbocycles. The summed E-state index contributed by atoms with van der Waals surface area (Å²) in [7, 11) is 0. The zero-order valence-corrected chi connectivity index (χ0v) is 20.4. The van der Waals surface area contributed by atoms with Crippen molar-refractivity contribution in [1.29, 1.82) is 0 Å². The van der Waals surface area contributed by atoms with Crippen LogP contribution in [0.3, 0.4) is 0 Å². The normalized spacial score (nSPS) is 12.6. The van der Waals surface area contributed by atoms with Gasteiger partial charge in [-0.2, -0.15) is 11.8 Å². The number of Topliss-reactive ketones (excluding diaryl/α,β-unsaturated/α-hetero) is 1. The number of alkyl carbamates (subject to hydrolysis) is 1. The number of hydrogen-bond acceptors (Lipinski definition) is 5. The van der Waals surface area contributed by atoms with E-state index in [9.17, 15) is 14.4 Å². The Bertz CT molecular complexity index is 874. The Labute approximate surface area is 200 Å². The zero-order chi connectivity index (χ0) is 24.1. The molecule has 2 atom stereocenters. The van der Waals surface area contributed by atoms with E-state index in [1.807, 2.05) is 80.8 Å². The van der Waals surface area contributed by atoms with Gasteiger partial charge in [0.2, 0.25) is 5.91 Å². The Balaban J connectivity index is 2.00. The SMILES string of the molecule is CSCC(=O)C(CCc1ccccc1)NC(=O)C(CC(C)C)NC(=O)OCc1ccccc1. The third-order valence-corrected chi connectivity index (χ3v) is 5.66. The number of amides is 2. The van der Waals surface area contributed by atoms with E-state index in [0.29, 0.717) is 25.0 Å². The fraction of sp³-hybridized carbons (Fsp3) is 0.423. The Morgan fingerprint density at radius 1 is 0.879 bits per heavy atom. The number of ether oxygens (including phenoxy) is 1. The van der Waals surface area contributed by atoms with E-state index in [1.165, 1.54) is 11.8 Å². The molecule has 0 aliphatic carbocycles. The van der Waals surface area contributed by atoms with Crippen LogP contribution in [0, 0.1) is 5.92 Å². The Morgan fingerprint density at radius 2 is 1.48 bits per heavy atom. The number of benzene rings is 2. The summed E-state index contributed by atoms with van der Waals surface area (Å²) in [5.74, 6) is 0.0932. The van der Waals surface area contributed by atoms with Crippen LogP contribution in [0.5, 0.6) is 0 Å². The quantitative estimate of drug-likeness (QED) is 0.454. The first-order chi connectivity index (χ1) is 15.9. The van der Waals surface area contributed by atoms with Gasteiger partial charge in [-0.15, -0.1) is 0 Å². The highest BCUT2D eigenvalue weighted by molar-refractivity contribution is 7.99. The largest absolute Gasteiger partial charge is 0.445 e. The fourth-order valence-electron chi connectivity index (χ4n) is 3.39. The molecule has 0 saturated heterocycles. The van der Waals surface area contributed by atoms with Gasteiger partial charge in [0.1, 0.15) is 12.6 Å². The number of nitrogens with one attached hydrogen (secondary N) is 2. The van der Waals surface area contributed by atoms with E-state index in [4.69, 9.17) is 4.74 Å². The van der Waals surface area contributed by atoms with E-state index < -0.39 is 18.2 Å². The maximum Gasteiger partial charge on any atom is 0.408 e. The summed E-state index contributed by atoms with van der Waals surface area (Å²) in [6.07, 6.45) is 2.82. The molecule has 178 valence electrons. The van der Waals surface area contributed by atoms with Gasteiger partial charge in [0.05, 0.1) is 11.8 Å². The van der Waals surface area contributed by atoms with Crippen LogP contribution in [0.25, 0.3) is 0 Å². The molecule has 2 amide bonds. The number of thioether (sulfide) groups is 1. The van der Waals surface area contributed by atoms with Gasteiger partial charge in [-0.05, 0) is 42.6 Å². The summed E-state index contributed by atoms with van der Waals surface area (Å²) < 4.78 is 5.29.